The van der Waals surface area contributed by atoms with E-state index in [0.29, 0.717) is 5.88 Å². The maximum absolute atomic E-state index is 6.06. The Morgan fingerprint density at radius 3 is 2.86 bits per heavy atom. The van der Waals surface area contributed by atoms with Gasteiger partial charge in [-0.3, -0.25) is 0 Å². The molecule has 0 amide bonds. The van der Waals surface area contributed by atoms with Crippen molar-refractivity contribution >= 4 is 44.6 Å². The first-order valence-corrected chi connectivity index (χ1v) is 5.80. The Kier molecular flexibility index (Phi) is 2.86. The number of thiophene rings is 1. The molecule has 0 fully saturated rings. The molecule has 4 heteroatoms. The predicted octanol–water partition coefficient (Wildman–Crippen LogP) is 4.30. The Labute approximate surface area is 96.2 Å². The molecule has 1 aromatic heterocycles. The molecule has 0 aliphatic heterocycles. The summed E-state index contributed by atoms with van der Waals surface area (Å²) < 4.78 is 7.02. The Bertz CT molecular complexity index is 464. The molecular weight excluding hydrogens is 239 g/mol. The van der Waals surface area contributed by atoms with E-state index in [1.54, 1.807) is 7.11 Å². The van der Waals surface area contributed by atoms with Gasteiger partial charge in [-0.2, -0.15) is 0 Å². The van der Waals surface area contributed by atoms with Gasteiger partial charge in [0.25, 0.3) is 0 Å². The van der Waals surface area contributed by atoms with Crippen LogP contribution in [0.3, 0.4) is 0 Å². The minimum atomic E-state index is 0.450. The third-order valence-corrected chi connectivity index (χ3v) is 3.79. The van der Waals surface area contributed by atoms with E-state index in [0.717, 1.165) is 25.7 Å². The van der Waals surface area contributed by atoms with Gasteiger partial charge in [0.15, 0.2) is 0 Å². The summed E-state index contributed by atoms with van der Waals surface area (Å²) in [6.07, 6.45) is 0. The Morgan fingerprint density at radius 2 is 2.21 bits per heavy atom. The molecule has 0 aliphatic rings. The van der Waals surface area contributed by atoms with Gasteiger partial charge in [-0.15, -0.1) is 22.9 Å². The van der Waals surface area contributed by atoms with Crippen LogP contribution in [0.5, 0.6) is 5.75 Å². The molecule has 0 bridgehead atoms. The molecule has 0 N–H and O–H groups in total. The highest BCUT2D eigenvalue weighted by atomic mass is 35.5. The number of benzene rings is 1. The maximum Gasteiger partial charge on any atom is 0.120 e. The van der Waals surface area contributed by atoms with E-state index < -0.39 is 0 Å². The van der Waals surface area contributed by atoms with Crippen LogP contribution in [-0.2, 0) is 5.88 Å². The van der Waals surface area contributed by atoms with Gasteiger partial charge in [-0.05, 0) is 23.6 Å². The molecule has 0 spiro atoms. The molecule has 14 heavy (non-hydrogen) atoms. The molecule has 1 nitrogen and oxygen atoms in total. The number of ether oxygens (including phenoxy) is 1. The van der Waals surface area contributed by atoms with E-state index in [1.165, 1.54) is 11.3 Å². The van der Waals surface area contributed by atoms with Crippen molar-refractivity contribution in [3.8, 4) is 5.75 Å². The molecule has 1 heterocycles. The Hall–Kier alpha value is -0.440. The molecule has 0 atom stereocenters. The normalized spacial score (nSPS) is 10.8. The molecule has 0 unspecified atom stereocenters. The summed E-state index contributed by atoms with van der Waals surface area (Å²) in [7, 11) is 1.65. The van der Waals surface area contributed by atoms with E-state index in [4.69, 9.17) is 27.9 Å². The van der Waals surface area contributed by atoms with Crippen molar-refractivity contribution in [1.29, 1.82) is 0 Å². The third kappa shape index (κ3) is 1.58. The highest BCUT2D eigenvalue weighted by Crippen LogP contribution is 2.37. The van der Waals surface area contributed by atoms with Crippen LogP contribution in [0.4, 0.5) is 0 Å². The molecule has 74 valence electrons. The molecule has 1 aromatic carbocycles. The fraction of sp³-hybridized carbons (Fsp3) is 0.200. The SMILES string of the molecule is COc1ccc2c(CCl)c(Cl)sc2c1. The molecular formula is C10H8Cl2OS. The fourth-order valence-corrected chi connectivity index (χ4v) is 3.17. The van der Waals surface area contributed by atoms with Crippen LogP contribution >= 0.6 is 34.5 Å². The van der Waals surface area contributed by atoms with Crippen LogP contribution < -0.4 is 4.74 Å². The topological polar surface area (TPSA) is 9.23 Å². The van der Waals surface area contributed by atoms with Gasteiger partial charge in [0.2, 0.25) is 0 Å². The van der Waals surface area contributed by atoms with E-state index in [1.807, 2.05) is 18.2 Å². The van der Waals surface area contributed by atoms with Crippen molar-refractivity contribution in [3.63, 3.8) is 0 Å². The van der Waals surface area contributed by atoms with Crippen molar-refractivity contribution in [2.24, 2.45) is 0 Å². The minimum absolute atomic E-state index is 0.450. The number of fused-ring (bicyclic) bond motifs is 1. The second-order valence-electron chi connectivity index (χ2n) is 2.85. The predicted molar refractivity (Wildman–Crippen MR) is 62.9 cm³/mol. The Balaban J connectivity index is 2.68. The average Bonchev–Trinajstić information content (AvgIpc) is 2.51. The third-order valence-electron chi connectivity index (χ3n) is 2.08. The van der Waals surface area contributed by atoms with Crippen molar-refractivity contribution in [2.75, 3.05) is 7.11 Å². The lowest BCUT2D eigenvalue weighted by atomic mass is 10.2. The summed E-state index contributed by atoms with van der Waals surface area (Å²) in [5, 5.41) is 1.12. The van der Waals surface area contributed by atoms with Gasteiger partial charge >= 0.3 is 0 Å². The van der Waals surface area contributed by atoms with Gasteiger partial charge < -0.3 is 4.74 Å². The molecule has 2 aromatic rings. The van der Waals surface area contributed by atoms with E-state index in [2.05, 4.69) is 0 Å². The zero-order valence-electron chi connectivity index (χ0n) is 7.51. The smallest absolute Gasteiger partial charge is 0.120 e. The summed E-state index contributed by atoms with van der Waals surface area (Å²) in [5.41, 5.74) is 1.01. The van der Waals surface area contributed by atoms with E-state index in [-0.39, 0.29) is 0 Å². The first-order valence-electron chi connectivity index (χ1n) is 4.07. The number of alkyl halides is 1. The van der Waals surface area contributed by atoms with Crippen molar-refractivity contribution in [2.45, 2.75) is 5.88 Å². The zero-order chi connectivity index (χ0) is 10.1. The van der Waals surface area contributed by atoms with Crippen LogP contribution in [0, 0.1) is 0 Å². The molecule has 0 aliphatic carbocycles. The largest absolute Gasteiger partial charge is 0.497 e. The highest BCUT2D eigenvalue weighted by Gasteiger charge is 2.09. The lowest BCUT2D eigenvalue weighted by Gasteiger charge is -1.98. The zero-order valence-corrected chi connectivity index (χ0v) is 9.84. The number of rotatable bonds is 2. The molecule has 0 saturated heterocycles. The van der Waals surface area contributed by atoms with Gasteiger partial charge in [0, 0.05) is 10.3 Å². The highest BCUT2D eigenvalue weighted by molar-refractivity contribution is 7.23. The van der Waals surface area contributed by atoms with Crippen molar-refractivity contribution < 1.29 is 4.74 Å². The number of hydrogen-bond acceptors (Lipinski definition) is 2. The molecule has 0 saturated carbocycles. The van der Waals surface area contributed by atoms with Crippen LogP contribution in [0.25, 0.3) is 10.1 Å². The van der Waals surface area contributed by atoms with Gasteiger partial charge in [-0.25, -0.2) is 0 Å². The minimum Gasteiger partial charge on any atom is -0.497 e. The number of halogens is 2. The quantitative estimate of drug-likeness (QED) is 0.719. The van der Waals surface area contributed by atoms with Gasteiger partial charge in [-0.1, -0.05) is 11.6 Å². The maximum atomic E-state index is 6.06. The van der Waals surface area contributed by atoms with Crippen molar-refractivity contribution in [3.05, 3.63) is 28.1 Å². The van der Waals surface area contributed by atoms with Crippen molar-refractivity contribution in [1.82, 2.24) is 0 Å². The summed E-state index contributed by atoms with van der Waals surface area (Å²) in [4.78, 5) is 0. The van der Waals surface area contributed by atoms with Gasteiger partial charge in [0.05, 0.1) is 17.3 Å². The summed E-state index contributed by atoms with van der Waals surface area (Å²) >= 11 is 13.4. The monoisotopic (exact) mass is 246 g/mol. The van der Waals surface area contributed by atoms with Gasteiger partial charge in [0.1, 0.15) is 5.75 Å². The second kappa shape index (κ2) is 3.97. The summed E-state index contributed by atoms with van der Waals surface area (Å²) in [5.74, 6) is 1.29. The fourth-order valence-electron chi connectivity index (χ4n) is 1.35. The lowest BCUT2D eigenvalue weighted by molar-refractivity contribution is 0.415. The molecule has 2 rings (SSSR count). The average molecular weight is 247 g/mol. The van der Waals surface area contributed by atoms with Crippen LogP contribution in [0.15, 0.2) is 18.2 Å². The second-order valence-corrected chi connectivity index (χ2v) is 4.77. The van der Waals surface area contributed by atoms with Crippen LogP contribution in [0.2, 0.25) is 4.34 Å². The standard InChI is InChI=1S/C10H8Cl2OS/c1-13-6-2-3-7-8(5-11)10(12)14-9(7)4-6/h2-4H,5H2,1H3. The summed E-state index contributed by atoms with van der Waals surface area (Å²) in [6, 6.07) is 5.89. The summed E-state index contributed by atoms with van der Waals surface area (Å²) in [6.45, 7) is 0. The number of hydrogen-bond donors (Lipinski definition) is 0. The van der Waals surface area contributed by atoms with E-state index in [9.17, 15) is 0 Å². The first kappa shape index (κ1) is 10.1. The number of methoxy groups -OCH3 is 1. The molecule has 0 radical (unpaired) electrons. The lowest BCUT2D eigenvalue weighted by Crippen LogP contribution is -1.81. The van der Waals surface area contributed by atoms with E-state index >= 15 is 0 Å². The first-order chi connectivity index (χ1) is 6.76. The van der Waals surface area contributed by atoms with Crippen LogP contribution in [0.1, 0.15) is 5.56 Å². The Morgan fingerprint density at radius 1 is 1.43 bits per heavy atom. The van der Waals surface area contributed by atoms with Crippen LogP contribution in [-0.4, -0.2) is 7.11 Å².